The van der Waals surface area contributed by atoms with Crippen molar-refractivity contribution in [3.8, 4) is 11.3 Å². The van der Waals surface area contributed by atoms with Gasteiger partial charge in [0.2, 0.25) is 0 Å². The van der Waals surface area contributed by atoms with Crippen molar-refractivity contribution in [3.63, 3.8) is 0 Å². The van der Waals surface area contributed by atoms with Gasteiger partial charge in [-0.3, -0.25) is 5.10 Å². The second-order valence-electron chi connectivity index (χ2n) is 2.81. The lowest BCUT2D eigenvalue weighted by Gasteiger charge is -2.00. The smallest absolute Gasteiger partial charge is 0.146 e. The number of nitrogens with two attached hydrogens (primary N) is 1. The summed E-state index contributed by atoms with van der Waals surface area (Å²) >= 11 is 3.11. The van der Waals surface area contributed by atoms with E-state index in [0.717, 1.165) is 0 Å². The number of halogens is 2. The summed E-state index contributed by atoms with van der Waals surface area (Å²) in [7, 11) is 0. The lowest BCUT2D eigenvalue weighted by atomic mass is 10.1. The average molecular weight is 256 g/mol. The molecule has 0 atom stereocenters. The molecule has 14 heavy (non-hydrogen) atoms. The van der Waals surface area contributed by atoms with E-state index in [1.54, 1.807) is 24.3 Å². The van der Waals surface area contributed by atoms with Crippen molar-refractivity contribution >= 4 is 21.7 Å². The number of aromatic nitrogens is 2. The minimum Gasteiger partial charge on any atom is -0.382 e. The Morgan fingerprint density at radius 2 is 2.21 bits per heavy atom. The number of rotatable bonds is 1. The summed E-state index contributed by atoms with van der Waals surface area (Å²) in [5.74, 6) is 0.0236. The van der Waals surface area contributed by atoms with Crippen molar-refractivity contribution in [2.24, 2.45) is 0 Å². The molecule has 0 saturated heterocycles. The van der Waals surface area contributed by atoms with E-state index in [1.807, 2.05) is 0 Å². The van der Waals surface area contributed by atoms with Crippen LogP contribution in [0.25, 0.3) is 11.3 Å². The summed E-state index contributed by atoms with van der Waals surface area (Å²) in [6, 6.07) is 6.63. The molecule has 1 aromatic carbocycles. The molecule has 0 saturated carbocycles. The highest BCUT2D eigenvalue weighted by Crippen LogP contribution is 2.26. The quantitative estimate of drug-likeness (QED) is 0.823. The molecule has 72 valence electrons. The predicted octanol–water partition coefficient (Wildman–Crippen LogP) is 2.56. The molecule has 2 rings (SSSR count). The molecule has 3 N–H and O–H groups in total. The Morgan fingerprint density at radius 3 is 2.86 bits per heavy atom. The number of hydrogen-bond acceptors (Lipinski definition) is 2. The molecule has 0 aliphatic heterocycles. The summed E-state index contributed by atoms with van der Waals surface area (Å²) in [5.41, 5.74) is 6.45. The monoisotopic (exact) mass is 255 g/mol. The van der Waals surface area contributed by atoms with Gasteiger partial charge in [-0.05, 0) is 28.1 Å². The predicted molar refractivity (Wildman–Crippen MR) is 56.1 cm³/mol. The number of nitrogens with zero attached hydrogens (tertiary/aromatic N) is 1. The van der Waals surface area contributed by atoms with Gasteiger partial charge in [0.05, 0.1) is 10.2 Å². The fourth-order valence-corrected chi connectivity index (χ4v) is 1.55. The second kappa shape index (κ2) is 3.42. The van der Waals surface area contributed by atoms with Crippen LogP contribution in [0.2, 0.25) is 0 Å². The number of H-pyrrole nitrogens is 1. The van der Waals surface area contributed by atoms with Crippen molar-refractivity contribution in [2.45, 2.75) is 0 Å². The maximum atomic E-state index is 13.6. The molecule has 5 heteroatoms. The maximum Gasteiger partial charge on any atom is 0.146 e. The van der Waals surface area contributed by atoms with Crippen LogP contribution in [0.15, 0.2) is 28.7 Å². The summed E-state index contributed by atoms with van der Waals surface area (Å²) in [5, 5.41) is 6.39. The largest absolute Gasteiger partial charge is 0.382 e. The highest BCUT2D eigenvalue weighted by Gasteiger charge is 2.09. The lowest BCUT2D eigenvalue weighted by molar-refractivity contribution is 0.624. The van der Waals surface area contributed by atoms with Gasteiger partial charge in [0.15, 0.2) is 0 Å². The molecule has 0 fully saturated rings. The molecule has 0 radical (unpaired) electrons. The van der Waals surface area contributed by atoms with Gasteiger partial charge in [0.1, 0.15) is 11.6 Å². The van der Waals surface area contributed by atoms with Crippen molar-refractivity contribution in [2.75, 3.05) is 5.73 Å². The van der Waals surface area contributed by atoms with E-state index in [4.69, 9.17) is 5.73 Å². The Hall–Kier alpha value is -1.36. The summed E-state index contributed by atoms with van der Waals surface area (Å²) in [6.45, 7) is 0. The SMILES string of the molecule is Nc1cc(-c2cccc(Br)c2F)[nH]n1. The molecular weight excluding hydrogens is 249 g/mol. The first kappa shape index (κ1) is 9.21. The molecule has 1 heterocycles. The van der Waals surface area contributed by atoms with E-state index in [9.17, 15) is 4.39 Å². The van der Waals surface area contributed by atoms with Gasteiger partial charge in [0, 0.05) is 11.6 Å². The molecule has 0 amide bonds. The van der Waals surface area contributed by atoms with Gasteiger partial charge in [-0.2, -0.15) is 5.10 Å². The zero-order valence-corrected chi connectivity index (χ0v) is 8.68. The second-order valence-corrected chi connectivity index (χ2v) is 3.66. The summed E-state index contributed by atoms with van der Waals surface area (Å²) < 4.78 is 14.0. The van der Waals surface area contributed by atoms with Crippen LogP contribution in [0.4, 0.5) is 10.2 Å². The van der Waals surface area contributed by atoms with Gasteiger partial charge in [0.25, 0.3) is 0 Å². The number of benzene rings is 1. The third kappa shape index (κ3) is 1.50. The molecule has 1 aromatic heterocycles. The molecule has 0 aliphatic rings. The molecule has 0 aliphatic carbocycles. The Morgan fingerprint density at radius 1 is 1.43 bits per heavy atom. The van der Waals surface area contributed by atoms with Gasteiger partial charge in [-0.1, -0.05) is 6.07 Å². The zero-order chi connectivity index (χ0) is 10.1. The fraction of sp³-hybridized carbons (Fsp3) is 0. The van der Waals surface area contributed by atoms with Crippen LogP contribution in [0.3, 0.4) is 0 Å². The molecule has 3 nitrogen and oxygen atoms in total. The van der Waals surface area contributed by atoms with Gasteiger partial charge >= 0.3 is 0 Å². The highest BCUT2D eigenvalue weighted by molar-refractivity contribution is 9.10. The first-order chi connectivity index (χ1) is 6.68. The standard InChI is InChI=1S/C9H7BrFN3/c10-6-3-1-2-5(9(6)11)7-4-8(12)14-13-7/h1-4H,(H3,12,13,14). The Labute approximate surface area is 88.3 Å². The lowest BCUT2D eigenvalue weighted by Crippen LogP contribution is -1.85. The first-order valence-corrected chi connectivity index (χ1v) is 4.73. The normalized spacial score (nSPS) is 10.4. The van der Waals surface area contributed by atoms with Crippen molar-refractivity contribution < 1.29 is 4.39 Å². The first-order valence-electron chi connectivity index (χ1n) is 3.94. The minimum atomic E-state index is -0.323. The average Bonchev–Trinajstić information content (AvgIpc) is 2.57. The van der Waals surface area contributed by atoms with Crippen LogP contribution in [0.1, 0.15) is 0 Å². The van der Waals surface area contributed by atoms with Crippen LogP contribution in [-0.4, -0.2) is 10.2 Å². The number of aromatic amines is 1. The number of anilines is 1. The van der Waals surface area contributed by atoms with Crippen LogP contribution in [-0.2, 0) is 0 Å². The van der Waals surface area contributed by atoms with Crippen molar-refractivity contribution in [3.05, 3.63) is 34.6 Å². The van der Waals surface area contributed by atoms with E-state index >= 15 is 0 Å². The highest BCUT2D eigenvalue weighted by atomic mass is 79.9. The van der Waals surface area contributed by atoms with E-state index in [1.165, 1.54) is 0 Å². The number of nitrogens with one attached hydrogen (secondary N) is 1. The zero-order valence-electron chi connectivity index (χ0n) is 7.09. The third-order valence-electron chi connectivity index (χ3n) is 1.84. The van der Waals surface area contributed by atoms with Crippen LogP contribution in [0.5, 0.6) is 0 Å². The Bertz CT molecular complexity index is 467. The van der Waals surface area contributed by atoms with E-state index in [2.05, 4.69) is 26.1 Å². The summed E-state index contributed by atoms with van der Waals surface area (Å²) in [4.78, 5) is 0. The van der Waals surface area contributed by atoms with Gasteiger partial charge in [-0.15, -0.1) is 0 Å². The molecular formula is C9H7BrFN3. The van der Waals surface area contributed by atoms with Crippen LogP contribution in [0, 0.1) is 5.82 Å². The fourth-order valence-electron chi connectivity index (χ4n) is 1.19. The molecule has 2 aromatic rings. The Kier molecular flexibility index (Phi) is 2.25. The van der Waals surface area contributed by atoms with E-state index < -0.39 is 0 Å². The van der Waals surface area contributed by atoms with Gasteiger partial charge < -0.3 is 5.73 Å². The maximum absolute atomic E-state index is 13.6. The molecule has 0 unspecified atom stereocenters. The van der Waals surface area contributed by atoms with Crippen molar-refractivity contribution in [1.82, 2.24) is 10.2 Å². The van der Waals surface area contributed by atoms with E-state index in [0.29, 0.717) is 21.5 Å². The van der Waals surface area contributed by atoms with Crippen molar-refractivity contribution in [1.29, 1.82) is 0 Å². The third-order valence-corrected chi connectivity index (χ3v) is 2.45. The van der Waals surface area contributed by atoms with Gasteiger partial charge in [-0.25, -0.2) is 4.39 Å². The summed E-state index contributed by atoms with van der Waals surface area (Å²) in [6.07, 6.45) is 0. The molecule has 0 spiro atoms. The topological polar surface area (TPSA) is 54.7 Å². The number of hydrogen-bond donors (Lipinski definition) is 2. The van der Waals surface area contributed by atoms with Crippen LogP contribution >= 0.6 is 15.9 Å². The van der Waals surface area contributed by atoms with Crippen LogP contribution < -0.4 is 5.73 Å². The Balaban J connectivity index is 2.57. The van der Waals surface area contributed by atoms with E-state index in [-0.39, 0.29) is 5.82 Å². The minimum absolute atomic E-state index is 0.323. The number of nitrogen functional groups attached to an aromatic ring is 1. The molecule has 0 bridgehead atoms.